The Bertz CT molecular complexity index is 1260. The van der Waals surface area contributed by atoms with Gasteiger partial charge in [0, 0.05) is 13.1 Å². The molecule has 0 saturated carbocycles. The Kier molecular flexibility index (Phi) is 11.3. The number of allylic oxidation sites excluding steroid dienone is 1. The molecule has 0 bridgehead atoms. The van der Waals surface area contributed by atoms with Gasteiger partial charge in [-0.2, -0.15) is 0 Å². The first-order chi connectivity index (χ1) is 18.5. The number of sulfonamides is 1. The van der Waals surface area contributed by atoms with Crippen LogP contribution in [0.2, 0.25) is 0 Å². The van der Waals surface area contributed by atoms with E-state index in [1.807, 2.05) is 13.0 Å². The van der Waals surface area contributed by atoms with E-state index in [1.165, 1.54) is 0 Å². The molecule has 2 heterocycles. The molecule has 1 aliphatic heterocycles. The number of hydrogen-bond acceptors (Lipinski definition) is 8. The van der Waals surface area contributed by atoms with Crippen LogP contribution in [0.15, 0.2) is 42.6 Å². The van der Waals surface area contributed by atoms with E-state index >= 15 is 0 Å². The molecule has 39 heavy (non-hydrogen) atoms. The standard InChI is InChI=1S/C27H40N6O3S.CH3N/c1-6-9-19-18-33(16-14-27(19,4)5)23-17-20(32-37(35,36)8-3)10-11-21(23)26(34)31-24-13-12-22(25(28)30-24)29-15-7-2;1-2/h7,10-13,15,17,19,29,32H,6,8-9,14,16,18H2,1-5H3,(H3,28,30,31,34);2H,1H2/b15-7-;. The van der Waals surface area contributed by atoms with Crippen LogP contribution in [-0.2, 0) is 10.0 Å². The summed E-state index contributed by atoms with van der Waals surface area (Å²) in [4.78, 5) is 20.0. The highest BCUT2D eigenvalue weighted by molar-refractivity contribution is 7.92. The molecular weight excluding hydrogens is 514 g/mol. The Morgan fingerprint density at radius 1 is 1.26 bits per heavy atom. The van der Waals surface area contributed by atoms with E-state index in [4.69, 9.17) is 11.1 Å². The molecule has 1 unspecified atom stereocenters. The number of nitrogens with two attached hydrogens (primary N) is 1. The largest absolute Gasteiger partial charge is 0.382 e. The van der Waals surface area contributed by atoms with Crippen molar-refractivity contribution in [2.24, 2.45) is 11.3 Å². The van der Waals surface area contributed by atoms with Crippen LogP contribution >= 0.6 is 0 Å². The molecule has 1 amide bonds. The maximum Gasteiger partial charge on any atom is 0.258 e. The Morgan fingerprint density at radius 2 is 1.97 bits per heavy atom. The van der Waals surface area contributed by atoms with Crippen molar-refractivity contribution in [2.75, 3.05) is 44.8 Å². The Hall–Kier alpha value is -3.60. The SMILES string of the molecule is C/C=C\Nc1ccc(NC(=O)c2ccc(NS(=O)(=O)CC)cc2N2CCC(C)(C)C(CCC)C2)nc1N.C=N. The number of anilines is 5. The summed E-state index contributed by atoms with van der Waals surface area (Å²) in [6.45, 7) is 14.3. The molecular formula is C28H43N7O3S. The third-order valence-corrected chi connectivity index (χ3v) is 8.32. The van der Waals surface area contributed by atoms with E-state index in [2.05, 4.69) is 52.7 Å². The minimum absolute atomic E-state index is 0.0347. The number of benzene rings is 1. The second-order valence-electron chi connectivity index (χ2n) is 10.1. The van der Waals surface area contributed by atoms with Crippen LogP contribution in [-0.4, -0.2) is 44.9 Å². The van der Waals surface area contributed by atoms with Crippen LogP contribution in [0.25, 0.3) is 0 Å². The lowest BCUT2D eigenvalue weighted by atomic mass is 9.71. The van der Waals surface area contributed by atoms with Gasteiger partial charge in [-0.05, 0) is 81.3 Å². The second-order valence-corrected chi connectivity index (χ2v) is 12.1. The molecule has 1 atom stereocenters. The number of carbonyl (C=O) groups excluding carboxylic acids is 1. The molecule has 11 heteroatoms. The highest BCUT2D eigenvalue weighted by Crippen LogP contribution is 2.41. The van der Waals surface area contributed by atoms with Crippen LogP contribution in [0.5, 0.6) is 0 Å². The topological polar surface area (TPSA) is 153 Å². The molecule has 1 aromatic heterocycles. The molecule has 0 spiro atoms. The van der Waals surface area contributed by atoms with Crippen molar-refractivity contribution in [1.29, 1.82) is 5.41 Å². The summed E-state index contributed by atoms with van der Waals surface area (Å²) < 4.78 is 27.1. The molecule has 1 fully saturated rings. The molecule has 6 N–H and O–H groups in total. The van der Waals surface area contributed by atoms with E-state index in [1.54, 1.807) is 43.5 Å². The van der Waals surface area contributed by atoms with Gasteiger partial charge < -0.3 is 26.7 Å². The maximum absolute atomic E-state index is 13.4. The third kappa shape index (κ3) is 8.44. The first-order valence-corrected chi connectivity index (χ1v) is 14.8. The summed E-state index contributed by atoms with van der Waals surface area (Å²) >= 11 is 0. The lowest BCUT2D eigenvalue weighted by Gasteiger charge is -2.45. The smallest absolute Gasteiger partial charge is 0.258 e. The van der Waals surface area contributed by atoms with Crippen molar-refractivity contribution < 1.29 is 13.2 Å². The number of amides is 1. The van der Waals surface area contributed by atoms with Crippen molar-refractivity contribution in [1.82, 2.24) is 4.98 Å². The van der Waals surface area contributed by atoms with Crippen molar-refractivity contribution in [3.63, 3.8) is 0 Å². The minimum atomic E-state index is -3.46. The zero-order valence-electron chi connectivity index (χ0n) is 23.7. The lowest BCUT2D eigenvalue weighted by Crippen LogP contribution is -2.45. The fourth-order valence-electron chi connectivity index (χ4n) is 4.60. The number of nitrogens with one attached hydrogen (secondary N) is 4. The minimum Gasteiger partial charge on any atom is -0.382 e. The maximum atomic E-state index is 13.4. The number of aromatic nitrogens is 1. The first-order valence-electron chi connectivity index (χ1n) is 13.2. The van der Waals surface area contributed by atoms with Crippen LogP contribution in [0.1, 0.15) is 64.2 Å². The van der Waals surface area contributed by atoms with E-state index in [0.29, 0.717) is 34.4 Å². The van der Waals surface area contributed by atoms with Gasteiger partial charge >= 0.3 is 0 Å². The van der Waals surface area contributed by atoms with Crippen molar-refractivity contribution in [3.05, 3.63) is 48.2 Å². The van der Waals surface area contributed by atoms with Crippen LogP contribution < -0.4 is 26.0 Å². The van der Waals surface area contributed by atoms with E-state index in [9.17, 15) is 13.2 Å². The first kappa shape index (κ1) is 31.6. The van der Waals surface area contributed by atoms with Gasteiger partial charge in [-0.3, -0.25) is 9.52 Å². The van der Waals surface area contributed by atoms with Gasteiger partial charge in [0.1, 0.15) is 11.6 Å². The average molecular weight is 558 g/mol. The van der Waals surface area contributed by atoms with Crippen molar-refractivity contribution in [2.45, 2.75) is 53.9 Å². The molecule has 214 valence electrons. The van der Waals surface area contributed by atoms with E-state index in [-0.39, 0.29) is 22.9 Å². The van der Waals surface area contributed by atoms with Gasteiger partial charge in [-0.1, -0.05) is 33.3 Å². The highest BCUT2D eigenvalue weighted by atomic mass is 32.2. The number of nitrogen functional groups attached to an aromatic ring is 1. The third-order valence-electron chi connectivity index (χ3n) is 7.02. The lowest BCUT2D eigenvalue weighted by molar-refractivity contribution is 0.102. The average Bonchev–Trinajstić information content (AvgIpc) is 2.90. The summed E-state index contributed by atoms with van der Waals surface area (Å²) in [5.41, 5.74) is 8.47. The monoisotopic (exact) mass is 557 g/mol. The zero-order chi connectivity index (χ0) is 29.2. The summed E-state index contributed by atoms with van der Waals surface area (Å²) in [7, 11) is -3.46. The summed E-state index contributed by atoms with van der Waals surface area (Å²) in [5, 5.41) is 11.4. The second kappa shape index (κ2) is 14.0. The summed E-state index contributed by atoms with van der Waals surface area (Å²) in [5.74, 6) is 0.683. The predicted molar refractivity (Wildman–Crippen MR) is 163 cm³/mol. The molecule has 1 aliphatic rings. The Labute approximate surface area is 233 Å². The number of hydrogen-bond donors (Lipinski definition) is 5. The van der Waals surface area contributed by atoms with E-state index in [0.717, 1.165) is 32.4 Å². The van der Waals surface area contributed by atoms with Crippen molar-refractivity contribution in [3.8, 4) is 0 Å². The van der Waals surface area contributed by atoms with Gasteiger partial charge in [-0.25, -0.2) is 13.4 Å². The van der Waals surface area contributed by atoms with Gasteiger partial charge in [0.05, 0.1) is 28.4 Å². The van der Waals surface area contributed by atoms with Gasteiger partial charge in [0.15, 0.2) is 0 Å². The summed E-state index contributed by atoms with van der Waals surface area (Å²) in [6, 6.07) is 8.48. The molecule has 1 aromatic carbocycles. The van der Waals surface area contributed by atoms with Gasteiger partial charge in [-0.15, -0.1) is 0 Å². The van der Waals surface area contributed by atoms with Crippen LogP contribution in [0.4, 0.5) is 28.7 Å². The van der Waals surface area contributed by atoms with Crippen molar-refractivity contribution >= 4 is 51.3 Å². The molecule has 2 aromatic rings. The Morgan fingerprint density at radius 3 is 2.59 bits per heavy atom. The fraction of sp³-hybridized carbons (Fsp3) is 0.464. The van der Waals surface area contributed by atoms with Crippen LogP contribution in [0.3, 0.4) is 0 Å². The molecule has 0 radical (unpaired) electrons. The zero-order valence-corrected chi connectivity index (χ0v) is 24.5. The van der Waals surface area contributed by atoms with Crippen LogP contribution in [0, 0.1) is 16.7 Å². The number of pyridine rings is 1. The normalized spacial score (nSPS) is 16.7. The number of carbonyl (C=O) groups is 1. The van der Waals surface area contributed by atoms with E-state index < -0.39 is 10.0 Å². The highest BCUT2D eigenvalue weighted by Gasteiger charge is 2.36. The molecule has 0 aliphatic carbocycles. The molecule has 3 rings (SSSR count). The molecule has 1 saturated heterocycles. The molecule has 10 nitrogen and oxygen atoms in total. The predicted octanol–water partition coefficient (Wildman–Crippen LogP) is 5.54. The fourth-order valence-corrected chi connectivity index (χ4v) is 5.24. The van der Waals surface area contributed by atoms with Gasteiger partial charge in [0.2, 0.25) is 10.0 Å². The van der Waals surface area contributed by atoms with Gasteiger partial charge in [0.25, 0.3) is 5.91 Å². The Balaban J connectivity index is 0.00000260. The quantitative estimate of drug-likeness (QED) is 0.240. The number of piperidine rings is 1. The number of nitrogens with zero attached hydrogens (tertiary/aromatic N) is 2. The summed E-state index contributed by atoms with van der Waals surface area (Å²) in [6.07, 6.45) is 6.73. The number of rotatable bonds is 10.